The predicted octanol–water partition coefficient (Wildman–Crippen LogP) is 6.27. The summed E-state index contributed by atoms with van der Waals surface area (Å²) in [5, 5.41) is 3.67. The van der Waals surface area contributed by atoms with Crippen molar-refractivity contribution in [3.63, 3.8) is 0 Å². The molecule has 0 heterocycles. The maximum atomic E-state index is 5.98. The number of hydrogen-bond acceptors (Lipinski definition) is 2. The molecule has 1 N–H and O–H groups in total. The van der Waals surface area contributed by atoms with Crippen LogP contribution in [0.4, 0.5) is 5.69 Å². The van der Waals surface area contributed by atoms with E-state index in [0.717, 1.165) is 31.6 Å². The van der Waals surface area contributed by atoms with Gasteiger partial charge in [0.15, 0.2) is 0 Å². The highest BCUT2D eigenvalue weighted by Gasteiger charge is 2.21. The summed E-state index contributed by atoms with van der Waals surface area (Å²) in [6, 6.07) is 8.43. The quantitative estimate of drug-likeness (QED) is 0.550. The monoisotopic (exact) mass is 305 g/mol. The summed E-state index contributed by atoms with van der Waals surface area (Å²) in [4.78, 5) is 0. The molecule has 126 valence electrons. The molecule has 1 atom stereocenters. The summed E-state index contributed by atoms with van der Waals surface area (Å²) in [5.41, 5.74) is 1.64. The maximum Gasteiger partial charge on any atom is 0.119 e. The first-order valence-electron chi connectivity index (χ1n) is 8.91. The average molecular weight is 306 g/mol. The van der Waals surface area contributed by atoms with Gasteiger partial charge in [0.2, 0.25) is 0 Å². The summed E-state index contributed by atoms with van der Waals surface area (Å²) < 4.78 is 5.98. The lowest BCUT2D eigenvalue weighted by molar-refractivity contribution is 0.152. The van der Waals surface area contributed by atoms with E-state index in [2.05, 4.69) is 71.1 Å². The van der Waals surface area contributed by atoms with Gasteiger partial charge in [0.05, 0.1) is 6.61 Å². The first kappa shape index (κ1) is 18.9. The van der Waals surface area contributed by atoms with Crippen LogP contribution >= 0.6 is 0 Å². The SMILES string of the molecule is CCCC(C)(CC)Nc1ccc(OCC(C)(CC)CC)cc1. The molecule has 2 heteroatoms. The Hall–Kier alpha value is -1.18. The Kier molecular flexibility index (Phi) is 7.25. The van der Waals surface area contributed by atoms with Gasteiger partial charge in [0.25, 0.3) is 0 Å². The fraction of sp³-hybridized carbons (Fsp3) is 0.700. The lowest BCUT2D eigenvalue weighted by atomic mass is 9.86. The fourth-order valence-corrected chi connectivity index (χ4v) is 2.57. The van der Waals surface area contributed by atoms with Crippen LogP contribution in [0.15, 0.2) is 24.3 Å². The topological polar surface area (TPSA) is 21.3 Å². The third kappa shape index (κ3) is 5.55. The van der Waals surface area contributed by atoms with E-state index in [1.54, 1.807) is 0 Å². The molecule has 0 radical (unpaired) electrons. The van der Waals surface area contributed by atoms with Crippen molar-refractivity contribution in [1.29, 1.82) is 0 Å². The number of nitrogens with one attached hydrogen (secondary N) is 1. The Labute approximate surface area is 137 Å². The molecular formula is C20H35NO. The Morgan fingerprint density at radius 2 is 1.50 bits per heavy atom. The molecular weight excluding hydrogens is 270 g/mol. The number of hydrogen-bond donors (Lipinski definition) is 1. The summed E-state index contributed by atoms with van der Waals surface area (Å²) in [7, 11) is 0. The van der Waals surface area contributed by atoms with Crippen molar-refractivity contribution >= 4 is 5.69 Å². The molecule has 0 fully saturated rings. The molecule has 0 aliphatic carbocycles. The third-order valence-electron chi connectivity index (χ3n) is 5.18. The highest BCUT2D eigenvalue weighted by atomic mass is 16.5. The van der Waals surface area contributed by atoms with Crippen LogP contribution < -0.4 is 10.1 Å². The van der Waals surface area contributed by atoms with Gasteiger partial charge in [-0.3, -0.25) is 0 Å². The Balaban J connectivity index is 2.63. The van der Waals surface area contributed by atoms with Crippen LogP contribution in [0.25, 0.3) is 0 Å². The second-order valence-electron chi connectivity index (χ2n) is 7.12. The average Bonchev–Trinajstić information content (AvgIpc) is 2.54. The summed E-state index contributed by atoms with van der Waals surface area (Å²) >= 11 is 0. The van der Waals surface area contributed by atoms with Gasteiger partial charge in [-0.05, 0) is 56.9 Å². The maximum absolute atomic E-state index is 5.98. The van der Waals surface area contributed by atoms with Crippen LogP contribution in [0.3, 0.4) is 0 Å². The van der Waals surface area contributed by atoms with Crippen molar-refractivity contribution in [1.82, 2.24) is 0 Å². The van der Waals surface area contributed by atoms with Gasteiger partial charge in [-0.15, -0.1) is 0 Å². The van der Waals surface area contributed by atoms with E-state index < -0.39 is 0 Å². The number of rotatable bonds is 10. The normalized spacial score (nSPS) is 14.5. The lowest BCUT2D eigenvalue weighted by Crippen LogP contribution is -2.33. The molecule has 1 aromatic rings. The summed E-state index contributed by atoms with van der Waals surface area (Å²) in [5.74, 6) is 0.965. The Bertz CT molecular complexity index is 422. The molecule has 2 nitrogen and oxygen atoms in total. The molecule has 0 aromatic heterocycles. The van der Waals surface area contributed by atoms with Crippen molar-refractivity contribution in [2.24, 2.45) is 5.41 Å². The molecule has 0 aliphatic heterocycles. The van der Waals surface area contributed by atoms with Gasteiger partial charge in [0.1, 0.15) is 5.75 Å². The van der Waals surface area contributed by atoms with Gasteiger partial charge < -0.3 is 10.1 Å². The molecule has 0 aliphatic rings. The standard InChI is InChI=1S/C20H35NO/c1-7-15-20(6,10-4)21-17-11-13-18(14-12-17)22-16-19(5,8-2)9-3/h11-14,21H,7-10,15-16H2,1-6H3. The summed E-state index contributed by atoms with van der Waals surface area (Å²) in [6.07, 6.45) is 5.81. The van der Waals surface area contributed by atoms with E-state index in [-0.39, 0.29) is 11.0 Å². The Morgan fingerprint density at radius 3 is 1.95 bits per heavy atom. The second kappa shape index (κ2) is 8.45. The number of anilines is 1. The van der Waals surface area contributed by atoms with E-state index in [4.69, 9.17) is 4.74 Å². The molecule has 1 rings (SSSR count). The first-order valence-corrected chi connectivity index (χ1v) is 8.91. The molecule has 0 saturated heterocycles. The molecule has 0 spiro atoms. The van der Waals surface area contributed by atoms with Gasteiger partial charge >= 0.3 is 0 Å². The minimum Gasteiger partial charge on any atom is -0.493 e. The van der Waals surface area contributed by atoms with Crippen LogP contribution in [-0.4, -0.2) is 12.1 Å². The van der Waals surface area contributed by atoms with Crippen LogP contribution in [0.2, 0.25) is 0 Å². The zero-order valence-electron chi connectivity index (χ0n) is 15.5. The molecule has 22 heavy (non-hydrogen) atoms. The van der Waals surface area contributed by atoms with Gasteiger partial charge in [0, 0.05) is 16.6 Å². The Morgan fingerprint density at radius 1 is 0.909 bits per heavy atom. The van der Waals surface area contributed by atoms with Crippen LogP contribution in [0.1, 0.15) is 73.6 Å². The van der Waals surface area contributed by atoms with E-state index in [1.807, 2.05) is 0 Å². The fourth-order valence-electron chi connectivity index (χ4n) is 2.57. The van der Waals surface area contributed by atoms with Gasteiger partial charge in [-0.2, -0.15) is 0 Å². The number of benzene rings is 1. The van der Waals surface area contributed by atoms with Crippen molar-refractivity contribution in [3.8, 4) is 5.75 Å². The minimum absolute atomic E-state index is 0.181. The van der Waals surface area contributed by atoms with Crippen LogP contribution in [-0.2, 0) is 0 Å². The van der Waals surface area contributed by atoms with Crippen molar-refractivity contribution < 1.29 is 4.74 Å². The highest BCUT2D eigenvalue weighted by Crippen LogP contribution is 2.28. The second-order valence-corrected chi connectivity index (χ2v) is 7.12. The van der Waals surface area contributed by atoms with Gasteiger partial charge in [-0.25, -0.2) is 0 Å². The number of ether oxygens (including phenoxy) is 1. The first-order chi connectivity index (χ1) is 10.4. The van der Waals surface area contributed by atoms with Gasteiger partial charge in [-0.1, -0.05) is 41.0 Å². The predicted molar refractivity (Wildman–Crippen MR) is 97.9 cm³/mol. The highest BCUT2D eigenvalue weighted by molar-refractivity contribution is 5.48. The van der Waals surface area contributed by atoms with E-state index in [0.29, 0.717) is 0 Å². The molecule has 0 saturated carbocycles. The van der Waals surface area contributed by atoms with Crippen molar-refractivity contribution in [2.45, 2.75) is 79.2 Å². The molecule has 1 aromatic carbocycles. The largest absolute Gasteiger partial charge is 0.493 e. The molecule has 0 bridgehead atoms. The minimum atomic E-state index is 0.181. The van der Waals surface area contributed by atoms with Crippen LogP contribution in [0.5, 0.6) is 5.75 Å². The smallest absolute Gasteiger partial charge is 0.119 e. The molecule has 1 unspecified atom stereocenters. The van der Waals surface area contributed by atoms with E-state index in [9.17, 15) is 0 Å². The van der Waals surface area contributed by atoms with Crippen molar-refractivity contribution in [2.75, 3.05) is 11.9 Å². The van der Waals surface area contributed by atoms with Crippen molar-refractivity contribution in [3.05, 3.63) is 24.3 Å². The lowest BCUT2D eigenvalue weighted by Gasteiger charge is -2.31. The summed E-state index contributed by atoms with van der Waals surface area (Å²) in [6.45, 7) is 14.3. The van der Waals surface area contributed by atoms with Crippen LogP contribution in [0, 0.1) is 5.41 Å². The third-order valence-corrected chi connectivity index (χ3v) is 5.18. The zero-order valence-corrected chi connectivity index (χ0v) is 15.5. The zero-order chi connectivity index (χ0) is 16.6. The van der Waals surface area contributed by atoms with E-state index in [1.165, 1.54) is 18.5 Å². The van der Waals surface area contributed by atoms with E-state index >= 15 is 0 Å². The molecule has 0 amide bonds.